The van der Waals surface area contributed by atoms with Gasteiger partial charge in [0.25, 0.3) is 0 Å². The zero-order chi connectivity index (χ0) is 20.1. The molecule has 0 unspecified atom stereocenters. The predicted molar refractivity (Wildman–Crippen MR) is 106 cm³/mol. The van der Waals surface area contributed by atoms with E-state index in [4.69, 9.17) is 4.84 Å². The number of hydrogen-bond donors (Lipinski definition) is 0. The summed E-state index contributed by atoms with van der Waals surface area (Å²) in [6.45, 7) is 13.6. The monoisotopic (exact) mass is 367 g/mol. The van der Waals surface area contributed by atoms with Crippen molar-refractivity contribution in [2.75, 3.05) is 14.2 Å². The van der Waals surface area contributed by atoms with Crippen molar-refractivity contribution in [3.05, 3.63) is 0 Å². The zero-order valence-electron chi connectivity index (χ0n) is 18.3. The van der Waals surface area contributed by atoms with E-state index >= 15 is 0 Å². The van der Waals surface area contributed by atoms with Crippen LogP contribution in [-0.4, -0.2) is 31.4 Å². The molecule has 4 heteroatoms. The van der Waals surface area contributed by atoms with Crippen LogP contribution >= 0.6 is 0 Å². The van der Waals surface area contributed by atoms with Gasteiger partial charge in [0.15, 0.2) is 0 Å². The van der Waals surface area contributed by atoms with Crippen molar-refractivity contribution < 1.29 is 14.4 Å². The van der Waals surface area contributed by atoms with Crippen LogP contribution in [0.15, 0.2) is 0 Å². The van der Waals surface area contributed by atoms with Gasteiger partial charge >= 0.3 is 0 Å². The quantitative estimate of drug-likeness (QED) is 0.501. The smallest absolute Gasteiger partial charge is 0.248 e. The highest BCUT2D eigenvalue weighted by molar-refractivity contribution is 5.78. The van der Waals surface area contributed by atoms with Gasteiger partial charge in [0, 0.05) is 18.9 Å². The van der Waals surface area contributed by atoms with Gasteiger partial charge < -0.3 is 4.79 Å². The first-order valence-corrected chi connectivity index (χ1v) is 10.1. The molecule has 0 aromatic rings. The van der Waals surface area contributed by atoms with Crippen molar-refractivity contribution in [3.63, 3.8) is 0 Å². The van der Waals surface area contributed by atoms with E-state index in [1.165, 1.54) is 25.0 Å². The molecule has 0 atom stereocenters. The van der Waals surface area contributed by atoms with Crippen molar-refractivity contribution in [2.45, 2.75) is 80.1 Å². The predicted octanol–water partition coefficient (Wildman–Crippen LogP) is 5.12. The number of hydrogen-bond acceptors (Lipinski definition) is 3. The summed E-state index contributed by atoms with van der Waals surface area (Å²) in [7, 11) is 3.21. The Morgan fingerprint density at radius 2 is 1.38 bits per heavy atom. The molecule has 2 saturated carbocycles. The van der Waals surface area contributed by atoms with Crippen molar-refractivity contribution in [1.29, 1.82) is 0 Å². The van der Waals surface area contributed by atoms with E-state index in [1.54, 1.807) is 7.05 Å². The first-order chi connectivity index (χ1) is 11.8. The molecule has 0 aliphatic heterocycles. The zero-order valence-corrected chi connectivity index (χ0v) is 18.3. The fourth-order valence-corrected chi connectivity index (χ4v) is 4.25. The summed E-state index contributed by atoms with van der Waals surface area (Å²) >= 11 is 0. The molecule has 0 aromatic carbocycles. The van der Waals surface area contributed by atoms with Crippen molar-refractivity contribution in [3.8, 4) is 0 Å². The number of carbonyl (C=O) groups is 2. The van der Waals surface area contributed by atoms with Gasteiger partial charge in [-0.3, -0.25) is 9.63 Å². The summed E-state index contributed by atoms with van der Waals surface area (Å²) < 4.78 is 0. The first-order valence-electron chi connectivity index (χ1n) is 10.1. The minimum absolute atomic E-state index is 0.127. The van der Waals surface area contributed by atoms with E-state index in [9.17, 15) is 9.59 Å². The Kier molecular flexibility index (Phi) is 8.32. The molecular weight excluding hydrogens is 326 g/mol. The molecular formula is C22H41NO3. The molecule has 2 aliphatic rings. The second-order valence-electron chi connectivity index (χ2n) is 10.8. The van der Waals surface area contributed by atoms with Crippen LogP contribution in [0.4, 0.5) is 0 Å². The minimum Gasteiger partial charge on any atom is -0.303 e. The Labute approximate surface area is 161 Å². The third kappa shape index (κ3) is 8.20. The van der Waals surface area contributed by atoms with Crippen LogP contribution in [0.1, 0.15) is 80.1 Å². The second kappa shape index (κ2) is 9.34. The number of amides is 1. The fraction of sp³-hybridized carbons (Fsp3) is 0.909. The van der Waals surface area contributed by atoms with Crippen LogP contribution < -0.4 is 0 Å². The van der Waals surface area contributed by atoms with Crippen LogP contribution in [0.2, 0.25) is 0 Å². The van der Waals surface area contributed by atoms with Crippen LogP contribution in [0.5, 0.6) is 0 Å². The second-order valence-corrected chi connectivity index (χ2v) is 10.8. The normalized spacial score (nSPS) is 28.2. The first kappa shape index (κ1) is 23.1. The Morgan fingerprint density at radius 3 is 1.73 bits per heavy atom. The molecule has 0 heterocycles. The Balaban J connectivity index is 0.000000273. The minimum atomic E-state index is 0.127. The number of rotatable bonds is 5. The highest BCUT2D eigenvalue weighted by Gasteiger charge is 2.37. The summed E-state index contributed by atoms with van der Waals surface area (Å²) in [5.74, 6) is 2.27. The average molecular weight is 368 g/mol. The fourth-order valence-electron chi connectivity index (χ4n) is 4.25. The summed E-state index contributed by atoms with van der Waals surface area (Å²) in [4.78, 5) is 26.9. The molecule has 1 amide bonds. The van der Waals surface area contributed by atoms with E-state index in [0.717, 1.165) is 43.8 Å². The molecule has 0 spiro atoms. The average Bonchev–Trinajstić information content (AvgIpc) is 2.43. The van der Waals surface area contributed by atoms with Crippen molar-refractivity contribution in [1.82, 2.24) is 5.06 Å². The van der Waals surface area contributed by atoms with Crippen LogP contribution in [-0.2, 0) is 14.4 Å². The van der Waals surface area contributed by atoms with E-state index < -0.39 is 0 Å². The number of nitrogens with zero attached hydrogens (tertiary/aromatic N) is 1. The molecule has 26 heavy (non-hydrogen) atoms. The van der Waals surface area contributed by atoms with Crippen LogP contribution in [0, 0.1) is 34.5 Å². The van der Waals surface area contributed by atoms with Crippen LogP contribution in [0.25, 0.3) is 0 Å². The third-order valence-electron chi connectivity index (χ3n) is 5.44. The Hall–Kier alpha value is -0.900. The summed E-state index contributed by atoms with van der Waals surface area (Å²) in [6, 6.07) is 0. The molecule has 2 rings (SSSR count). The molecule has 4 nitrogen and oxygen atoms in total. The number of aldehydes is 1. The molecule has 0 N–H and O–H groups in total. The van der Waals surface area contributed by atoms with Crippen LogP contribution in [0.3, 0.4) is 0 Å². The maximum Gasteiger partial charge on any atom is 0.248 e. The summed E-state index contributed by atoms with van der Waals surface area (Å²) in [5, 5.41) is 1.35. The van der Waals surface area contributed by atoms with Gasteiger partial charge in [-0.15, -0.1) is 0 Å². The van der Waals surface area contributed by atoms with E-state index in [2.05, 4.69) is 41.5 Å². The standard InChI is InChI=1S/C12H23NO2.C10H18O/c1-12(2,3)8-9-6-10(7-9)11(14)13(4)15-5;1-10(2,3)6-8-4-9(5-8)7-11/h9-10H,6-8H2,1-5H3;7-9H,4-6H2,1-3H3. The molecule has 152 valence electrons. The van der Waals surface area contributed by atoms with Gasteiger partial charge in [0.05, 0.1) is 7.11 Å². The SMILES string of the molecule is CC(C)(C)CC1CC(C=O)C1.CON(C)C(=O)C1CC(CC(C)(C)C)C1. The lowest BCUT2D eigenvalue weighted by Crippen LogP contribution is -2.40. The van der Waals surface area contributed by atoms with Crippen molar-refractivity contribution in [2.24, 2.45) is 34.5 Å². The van der Waals surface area contributed by atoms with Gasteiger partial charge in [-0.25, -0.2) is 5.06 Å². The van der Waals surface area contributed by atoms with Gasteiger partial charge in [-0.1, -0.05) is 41.5 Å². The topological polar surface area (TPSA) is 46.6 Å². The largest absolute Gasteiger partial charge is 0.303 e. The van der Waals surface area contributed by atoms with Gasteiger partial charge in [-0.05, 0) is 61.2 Å². The van der Waals surface area contributed by atoms with E-state index in [1.807, 2.05) is 0 Å². The molecule has 0 saturated heterocycles. The molecule has 0 bridgehead atoms. The Morgan fingerprint density at radius 1 is 0.962 bits per heavy atom. The highest BCUT2D eigenvalue weighted by atomic mass is 16.7. The van der Waals surface area contributed by atoms with Gasteiger partial charge in [0.2, 0.25) is 5.91 Å². The lowest BCUT2D eigenvalue weighted by molar-refractivity contribution is -0.178. The Bertz CT molecular complexity index is 449. The van der Waals surface area contributed by atoms with Crippen molar-refractivity contribution >= 4 is 12.2 Å². The van der Waals surface area contributed by atoms with Gasteiger partial charge in [0.1, 0.15) is 6.29 Å². The number of carbonyl (C=O) groups excluding carboxylic acids is 2. The lowest BCUT2D eigenvalue weighted by Gasteiger charge is -2.39. The number of hydroxylamine groups is 2. The molecule has 2 aliphatic carbocycles. The summed E-state index contributed by atoms with van der Waals surface area (Å²) in [5.41, 5.74) is 0.824. The highest BCUT2D eigenvalue weighted by Crippen LogP contribution is 2.42. The third-order valence-corrected chi connectivity index (χ3v) is 5.44. The molecule has 0 radical (unpaired) electrons. The van der Waals surface area contributed by atoms with Gasteiger partial charge in [-0.2, -0.15) is 0 Å². The molecule has 2 fully saturated rings. The molecule has 0 aromatic heterocycles. The maximum atomic E-state index is 11.7. The van der Waals surface area contributed by atoms with E-state index in [0.29, 0.717) is 16.7 Å². The van der Waals surface area contributed by atoms with E-state index in [-0.39, 0.29) is 11.8 Å². The lowest BCUT2D eigenvalue weighted by atomic mass is 9.68. The summed E-state index contributed by atoms with van der Waals surface area (Å²) in [6.07, 6.45) is 7.94. The maximum absolute atomic E-state index is 11.7.